The van der Waals surface area contributed by atoms with Crippen molar-refractivity contribution in [2.45, 2.75) is 61.7 Å². The summed E-state index contributed by atoms with van der Waals surface area (Å²) in [6.45, 7) is 6.27. The number of rotatable bonds is 6. The fraction of sp³-hybridized carbons (Fsp3) is 0.323. The predicted octanol–water partition coefficient (Wildman–Crippen LogP) is 8.50. The normalized spacial score (nSPS) is 19.8. The van der Waals surface area contributed by atoms with Crippen LogP contribution in [0.15, 0.2) is 75.3 Å². The lowest BCUT2D eigenvalue weighted by Crippen LogP contribution is -2.33. The summed E-state index contributed by atoms with van der Waals surface area (Å²) in [6, 6.07) is 9.19. The zero-order valence-electron chi connectivity index (χ0n) is 27.4. The molecule has 12 nitrogen and oxygen atoms in total. The van der Waals surface area contributed by atoms with Crippen LogP contribution in [0.4, 0.5) is 32.0 Å². The van der Waals surface area contributed by atoms with E-state index in [4.69, 9.17) is 26.1 Å². The van der Waals surface area contributed by atoms with Gasteiger partial charge in [-0.05, 0) is 64.1 Å². The van der Waals surface area contributed by atoms with Crippen molar-refractivity contribution in [3.05, 3.63) is 111 Å². The third kappa shape index (κ3) is 8.07. The number of non-ortho nitro benzene ring substituents is 1. The fourth-order valence-electron chi connectivity index (χ4n) is 4.59. The van der Waals surface area contributed by atoms with E-state index in [-0.39, 0.29) is 24.1 Å². The van der Waals surface area contributed by atoms with Crippen LogP contribution in [0.3, 0.4) is 0 Å². The predicted molar refractivity (Wildman–Crippen MR) is 178 cm³/mol. The van der Waals surface area contributed by atoms with E-state index in [0.717, 1.165) is 60.7 Å². The summed E-state index contributed by atoms with van der Waals surface area (Å²) in [7, 11) is -8.93. The van der Waals surface area contributed by atoms with Crippen LogP contribution in [0.5, 0.6) is 0 Å². The number of amides is 1. The molecule has 3 aromatic rings. The summed E-state index contributed by atoms with van der Waals surface area (Å²) >= 11 is 5.49. The van der Waals surface area contributed by atoms with Crippen molar-refractivity contribution in [1.82, 2.24) is 0 Å². The van der Waals surface area contributed by atoms with Crippen molar-refractivity contribution >= 4 is 52.7 Å². The van der Waals surface area contributed by atoms with Crippen LogP contribution in [0.1, 0.15) is 67.5 Å². The number of halogens is 7. The molecule has 0 aromatic heterocycles. The average Bonchev–Trinajstić information content (AvgIpc) is 3.62. The van der Waals surface area contributed by atoms with Crippen molar-refractivity contribution in [3.8, 4) is 0 Å². The molecule has 52 heavy (non-hydrogen) atoms. The Morgan fingerprint density at radius 3 is 1.77 bits per heavy atom. The molecule has 1 amide bonds. The first kappa shape index (κ1) is 40.2. The first-order chi connectivity index (χ1) is 23.9. The Morgan fingerprint density at radius 1 is 0.904 bits per heavy atom. The van der Waals surface area contributed by atoms with Gasteiger partial charge in [-0.3, -0.25) is 14.9 Å². The molecule has 3 aromatic carbocycles. The Bertz CT molecular complexity index is 2190. The second-order valence-corrected chi connectivity index (χ2v) is 17.5. The number of carbonyl (C=O) groups excluding carboxylic acids is 1. The first-order valence-corrected chi connectivity index (χ1v) is 18.2. The standard InChI is InChI=1S/C19H16F3N3O5S.C12H12ClF3N2O2S/c1-19(2)10-15(23-30-19)31(29,17(22)16-13(20)4-3-5-14(16)21)24-18(26)11-6-8-12(9-7-11)25(27)28;1-11(2)6-9(18-20-11)21(17,19)12(13,16)10-7(14)4-3-5-8(10)15/h3-9,17H,10H2,1-2H3;3-5,17H,6H2,1-2H3. The van der Waals surface area contributed by atoms with Gasteiger partial charge in [-0.2, -0.15) is 0 Å². The minimum Gasteiger partial charge on any atom is -0.389 e. The Kier molecular flexibility index (Phi) is 11.2. The molecule has 21 heteroatoms. The topological polar surface area (TPSA) is 174 Å². The monoisotopic (exact) mass is 795 g/mol. The highest BCUT2D eigenvalue weighted by Crippen LogP contribution is 2.43. The second-order valence-electron chi connectivity index (χ2n) is 12.4. The van der Waals surface area contributed by atoms with E-state index in [0.29, 0.717) is 0 Å². The molecule has 280 valence electrons. The number of nitrogens with zero attached hydrogens (tertiary/aromatic N) is 4. The van der Waals surface area contributed by atoms with Gasteiger partial charge in [-0.15, -0.1) is 4.36 Å². The van der Waals surface area contributed by atoms with Gasteiger partial charge in [-0.1, -0.05) is 34.0 Å². The molecule has 0 fully saturated rings. The van der Waals surface area contributed by atoms with Crippen molar-refractivity contribution in [2.24, 2.45) is 14.7 Å². The van der Waals surface area contributed by atoms with Gasteiger partial charge in [0, 0.05) is 30.5 Å². The SMILES string of the molecule is CC1(C)CC(S(=N)(=O)C(F)(Cl)c2c(F)cccc2F)=NO1.CC1(C)CC(S(=O)(=NC(=O)c2ccc([N+](=O)[O-])cc2)C(F)c2c(F)cccc2F)=NO1. The van der Waals surface area contributed by atoms with Crippen LogP contribution in [0, 0.1) is 38.2 Å². The molecule has 0 saturated heterocycles. The smallest absolute Gasteiger partial charge is 0.301 e. The molecular weight excluding hydrogens is 768 g/mol. The molecule has 2 aliphatic heterocycles. The summed E-state index contributed by atoms with van der Waals surface area (Å²) in [5.74, 6) is -6.47. The minimum absolute atomic E-state index is 0.135. The number of nitrogens with one attached hydrogen (secondary N) is 1. The molecule has 0 spiro atoms. The number of alkyl halides is 3. The maximum Gasteiger partial charge on any atom is 0.301 e. The maximum atomic E-state index is 15.4. The van der Waals surface area contributed by atoms with Gasteiger partial charge in [0.05, 0.1) is 16.1 Å². The van der Waals surface area contributed by atoms with Gasteiger partial charge < -0.3 is 9.68 Å². The molecule has 0 radical (unpaired) electrons. The molecule has 0 aliphatic carbocycles. The van der Waals surface area contributed by atoms with E-state index in [2.05, 4.69) is 14.7 Å². The largest absolute Gasteiger partial charge is 0.389 e. The fourth-order valence-corrected chi connectivity index (χ4v) is 8.54. The molecule has 2 heterocycles. The summed E-state index contributed by atoms with van der Waals surface area (Å²) in [6.07, 6.45) is -0.344. The van der Waals surface area contributed by atoms with E-state index in [1.807, 2.05) is 0 Å². The molecule has 1 N–H and O–H groups in total. The van der Waals surface area contributed by atoms with Gasteiger partial charge >= 0.3 is 4.46 Å². The number of carbonyl (C=O) groups is 1. The van der Waals surface area contributed by atoms with E-state index in [1.165, 1.54) is 0 Å². The summed E-state index contributed by atoms with van der Waals surface area (Å²) < 4.78 is 119. The number of nitro benzene ring substituents is 1. The van der Waals surface area contributed by atoms with E-state index >= 15 is 4.39 Å². The second kappa shape index (κ2) is 14.5. The van der Waals surface area contributed by atoms with Crippen LogP contribution in [-0.4, -0.2) is 40.5 Å². The van der Waals surface area contributed by atoms with E-state index in [1.54, 1.807) is 27.7 Å². The Labute approximate surface area is 298 Å². The van der Waals surface area contributed by atoms with Crippen LogP contribution in [0.25, 0.3) is 0 Å². The lowest BCUT2D eigenvalue weighted by molar-refractivity contribution is -0.384. The molecule has 0 saturated carbocycles. The lowest BCUT2D eigenvalue weighted by atomic mass is 10.1. The summed E-state index contributed by atoms with van der Waals surface area (Å²) in [4.78, 5) is 32.7. The van der Waals surface area contributed by atoms with E-state index < -0.39 is 95.9 Å². The van der Waals surface area contributed by atoms with Crippen molar-refractivity contribution in [2.75, 3.05) is 0 Å². The maximum absolute atomic E-state index is 15.4. The molecule has 0 bridgehead atoms. The average molecular weight is 796 g/mol. The number of oxime groups is 2. The number of hydrogen-bond acceptors (Lipinski definition) is 10. The Hall–Kier alpha value is -4.56. The Balaban J connectivity index is 0.000000251. The van der Waals surface area contributed by atoms with Crippen molar-refractivity contribution in [3.63, 3.8) is 0 Å². The molecule has 4 atom stereocenters. The molecular formula is C31H28ClF6N5O7S2. The van der Waals surface area contributed by atoms with E-state index in [9.17, 15) is 45.3 Å². The molecule has 4 unspecified atom stereocenters. The van der Waals surface area contributed by atoms with Crippen LogP contribution >= 0.6 is 11.6 Å². The van der Waals surface area contributed by atoms with Crippen molar-refractivity contribution < 1.29 is 54.2 Å². The zero-order chi connectivity index (χ0) is 39.0. The quantitative estimate of drug-likeness (QED) is 0.113. The van der Waals surface area contributed by atoms with Crippen LogP contribution < -0.4 is 0 Å². The van der Waals surface area contributed by atoms with Gasteiger partial charge in [0.25, 0.3) is 11.6 Å². The molecule has 5 rings (SSSR count). The molecule has 2 aliphatic rings. The third-order valence-corrected chi connectivity index (χ3v) is 12.1. The van der Waals surface area contributed by atoms with Crippen LogP contribution in [0.2, 0.25) is 0 Å². The zero-order valence-corrected chi connectivity index (χ0v) is 29.8. The summed E-state index contributed by atoms with van der Waals surface area (Å²) in [5.41, 5.74) is -7.73. The van der Waals surface area contributed by atoms with Crippen LogP contribution in [-0.2, 0) is 33.6 Å². The van der Waals surface area contributed by atoms with Gasteiger partial charge in [0.2, 0.25) is 5.50 Å². The minimum atomic E-state index is -4.47. The highest BCUT2D eigenvalue weighted by molar-refractivity contribution is 8.09. The highest BCUT2D eigenvalue weighted by atomic mass is 35.5. The summed E-state index contributed by atoms with van der Waals surface area (Å²) in [5, 5.41) is 16.8. The van der Waals surface area contributed by atoms with Crippen molar-refractivity contribution in [1.29, 1.82) is 4.78 Å². The third-order valence-electron chi connectivity index (χ3n) is 7.28. The lowest BCUT2D eigenvalue weighted by Gasteiger charge is -2.22. The number of hydrogen-bond donors (Lipinski definition) is 1. The number of benzene rings is 3. The highest BCUT2D eigenvalue weighted by Gasteiger charge is 2.51. The van der Waals surface area contributed by atoms with Gasteiger partial charge in [0.1, 0.15) is 53.9 Å². The number of nitro groups is 1. The van der Waals surface area contributed by atoms with Gasteiger partial charge in [-0.25, -0.2) is 39.5 Å². The Morgan fingerprint density at radius 2 is 1.35 bits per heavy atom. The van der Waals surface area contributed by atoms with Gasteiger partial charge in [0.15, 0.2) is 10.1 Å². The first-order valence-electron chi connectivity index (χ1n) is 14.7.